The van der Waals surface area contributed by atoms with Gasteiger partial charge in [-0.1, -0.05) is 6.07 Å². The van der Waals surface area contributed by atoms with E-state index in [1.807, 2.05) is 13.0 Å². The molecule has 0 saturated carbocycles. The van der Waals surface area contributed by atoms with Crippen molar-refractivity contribution in [3.05, 3.63) is 53.1 Å². The van der Waals surface area contributed by atoms with Crippen LogP contribution in [-0.2, 0) is 0 Å². The van der Waals surface area contributed by atoms with Crippen molar-refractivity contribution < 1.29 is 14.3 Å². The summed E-state index contributed by atoms with van der Waals surface area (Å²) < 4.78 is 11.2. The van der Waals surface area contributed by atoms with E-state index in [0.29, 0.717) is 41.5 Å². The molecule has 2 aromatic rings. The molecule has 3 rings (SSSR count). The average Bonchev–Trinajstić information content (AvgIpc) is 2.73. The first-order chi connectivity index (χ1) is 10.1. The maximum absolute atomic E-state index is 12.6. The molecule has 4 nitrogen and oxygen atoms in total. The van der Waals surface area contributed by atoms with Gasteiger partial charge in [-0.15, -0.1) is 0 Å². The van der Waals surface area contributed by atoms with Gasteiger partial charge in [-0.25, -0.2) is 0 Å². The van der Waals surface area contributed by atoms with Crippen molar-refractivity contribution in [1.29, 1.82) is 0 Å². The molecule has 0 aromatic heterocycles. The van der Waals surface area contributed by atoms with E-state index < -0.39 is 0 Å². The Kier molecular flexibility index (Phi) is 3.52. The van der Waals surface area contributed by atoms with E-state index in [-0.39, 0.29) is 5.78 Å². The minimum Gasteiger partial charge on any atom is -0.490 e. The first kappa shape index (κ1) is 13.5. The van der Waals surface area contributed by atoms with Crippen molar-refractivity contribution >= 4 is 11.5 Å². The fraction of sp³-hybridized carbons (Fsp3) is 0.235. The third-order valence-electron chi connectivity index (χ3n) is 3.52. The Morgan fingerprint density at radius 1 is 1.05 bits per heavy atom. The molecule has 0 saturated heterocycles. The molecule has 0 fully saturated rings. The van der Waals surface area contributed by atoms with Crippen LogP contribution in [0.25, 0.3) is 0 Å². The monoisotopic (exact) mass is 283 g/mol. The largest absolute Gasteiger partial charge is 0.490 e. The molecule has 2 aromatic carbocycles. The summed E-state index contributed by atoms with van der Waals surface area (Å²) in [6.45, 7) is 3.13. The van der Waals surface area contributed by atoms with Crippen molar-refractivity contribution in [2.75, 3.05) is 18.9 Å². The molecule has 4 heteroatoms. The smallest absolute Gasteiger partial charge is 0.193 e. The minimum absolute atomic E-state index is 0.0598. The molecule has 0 amide bonds. The highest BCUT2D eigenvalue weighted by atomic mass is 16.5. The number of carbonyl (C=O) groups is 1. The molecule has 1 heterocycles. The Morgan fingerprint density at radius 3 is 2.62 bits per heavy atom. The van der Waals surface area contributed by atoms with Crippen molar-refractivity contribution in [2.45, 2.75) is 13.3 Å². The lowest BCUT2D eigenvalue weighted by Crippen LogP contribution is -2.05. The van der Waals surface area contributed by atoms with Crippen LogP contribution in [0.15, 0.2) is 36.4 Å². The standard InChI is InChI=1S/C17H17NO3/c1-11-3-5-13(18)10-14(11)17(19)12-4-6-15-16(9-12)21-8-2-7-20-15/h3-6,9-10H,2,7-8,18H2,1H3. The number of ketones is 1. The van der Waals surface area contributed by atoms with Crippen molar-refractivity contribution in [1.82, 2.24) is 0 Å². The third-order valence-corrected chi connectivity index (χ3v) is 3.52. The van der Waals surface area contributed by atoms with Crippen molar-refractivity contribution in [3.63, 3.8) is 0 Å². The lowest BCUT2D eigenvalue weighted by Gasteiger charge is -2.10. The summed E-state index contributed by atoms with van der Waals surface area (Å²) >= 11 is 0. The normalized spacial score (nSPS) is 13.6. The quantitative estimate of drug-likeness (QED) is 0.680. The van der Waals surface area contributed by atoms with Gasteiger partial charge in [0.15, 0.2) is 17.3 Å². The van der Waals surface area contributed by atoms with Gasteiger partial charge in [0.25, 0.3) is 0 Å². The van der Waals surface area contributed by atoms with Crippen LogP contribution in [-0.4, -0.2) is 19.0 Å². The number of ether oxygens (including phenoxy) is 2. The predicted octanol–water partition coefficient (Wildman–Crippen LogP) is 2.97. The van der Waals surface area contributed by atoms with Crippen molar-refractivity contribution in [3.8, 4) is 11.5 Å². The van der Waals surface area contributed by atoms with Gasteiger partial charge in [0.1, 0.15) is 0 Å². The third kappa shape index (κ3) is 2.70. The molecule has 0 bridgehead atoms. The van der Waals surface area contributed by atoms with Gasteiger partial charge in [0.2, 0.25) is 0 Å². The maximum Gasteiger partial charge on any atom is 0.193 e. The SMILES string of the molecule is Cc1ccc(N)cc1C(=O)c1ccc2c(c1)OCCCO2. The Bertz CT molecular complexity index is 694. The zero-order chi connectivity index (χ0) is 14.8. The lowest BCUT2D eigenvalue weighted by molar-refractivity contribution is 0.103. The fourth-order valence-electron chi connectivity index (χ4n) is 2.34. The summed E-state index contributed by atoms with van der Waals surface area (Å²) in [6, 6.07) is 10.6. The Balaban J connectivity index is 1.98. The Morgan fingerprint density at radius 2 is 1.81 bits per heavy atom. The summed E-state index contributed by atoms with van der Waals surface area (Å²) in [5.41, 5.74) is 8.46. The number of nitrogens with two attached hydrogens (primary N) is 1. The summed E-state index contributed by atoms with van der Waals surface area (Å²) in [7, 11) is 0. The van der Waals surface area contributed by atoms with Crippen LogP contribution in [0.3, 0.4) is 0 Å². The zero-order valence-corrected chi connectivity index (χ0v) is 11.9. The summed E-state index contributed by atoms with van der Waals surface area (Å²) in [5, 5.41) is 0. The highest BCUT2D eigenvalue weighted by Crippen LogP contribution is 2.31. The number of hydrogen-bond donors (Lipinski definition) is 1. The average molecular weight is 283 g/mol. The van der Waals surface area contributed by atoms with E-state index >= 15 is 0 Å². The second kappa shape index (κ2) is 5.48. The van der Waals surface area contributed by atoms with Crippen LogP contribution in [0.2, 0.25) is 0 Å². The van der Waals surface area contributed by atoms with E-state index in [1.165, 1.54) is 0 Å². The number of fused-ring (bicyclic) bond motifs is 1. The number of benzene rings is 2. The molecule has 0 atom stereocenters. The van der Waals surface area contributed by atoms with Crippen LogP contribution in [0.4, 0.5) is 5.69 Å². The maximum atomic E-state index is 12.6. The number of anilines is 1. The molecule has 21 heavy (non-hydrogen) atoms. The van der Waals surface area contributed by atoms with Crippen LogP contribution in [0, 0.1) is 6.92 Å². The summed E-state index contributed by atoms with van der Waals surface area (Å²) in [6.07, 6.45) is 0.840. The van der Waals surface area contributed by atoms with Gasteiger partial charge >= 0.3 is 0 Å². The zero-order valence-electron chi connectivity index (χ0n) is 11.9. The molecule has 0 radical (unpaired) electrons. The van der Waals surface area contributed by atoms with E-state index in [4.69, 9.17) is 15.2 Å². The molecule has 0 unspecified atom stereocenters. The molecule has 0 aliphatic carbocycles. The van der Waals surface area contributed by atoms with Gasteiger partial charge in [-0.2, -0.15) is 0 Å². The molecular weight excluding hydrogens is 266 g/mol. The first-order valence-electron chi connectivity index (χ1n) is 6.95. The number of aryl methyl sites for hydroxylation is 1. The number of rotatable bonds is 2. The van der Waals surface area contributed by atoms with Gasteiger partial charge in [0, 0.05) is 23.2 Å². The molecule has 2 N–H and O–H groups in total. The van der Waals surface area contributed by atoms with Gasteiger partial charge < -0.3 is 15.2 Å². The second-order valence-electron chi connectivity index (χ2n) is 5.12. The number of nitrogen functional groups attached to an aromatic ring is 1. The highest BCUT2D eigenvalue weighted by Gasteiger charge is 2.16. The van der Waals surface area contributed by atoms with E-state index in [2.05, 4.69) is 0 Å². The Labute approximate surface area is 123 Å². The van der Waals surface area contributed by atoms with Crippen molar-refractivity contribution in [2.24, 2.45) is 0 Å². The second-order valence-corrected chi connectivity index (χ2v) is 5.12. The first-order valence-corrected chi connectivity index (χ1v) is 6.95. The summed E-state index contributed by atoms with van der Waals surface area (Å²) in [5.74, 6) is 1.25. The van der Waals surface area contributed by atoms with E-state index in [9.17, 15) is 4.79 Å². The Hall–Kier alpha value is -2.49. The van der Waals surface area contributed by atoms with E-state index in [1.54, 1.807) is 30.3 Å². The predicted molar refractivity (Wildman–Crippen MR) is 81.1 cm³/mol. The topological polar surface area (TPSA) is 61.6 Å². The number of hydrogen-bond acceptors (Lipinski definition) is 4. The molecule has 1 aliphatic heterocycles. The molecule has 108 valence electrons. The fourth-order valence-corrected chi connectivity index (χ4v) is 2.34. The summed E-state index contributed by atoms with van der Waals surface area (Å²) in [4.78, 5) is 12.6. The van der Waals surface area contributed by atoms with Crippen LogP contribution < -0.4 is 15.2 Å². The number of carbonyl (C=O) groups excluding carboxylic acids is 1. The molecule has 1 aliphatic rings. The van der Waals surface area contributed by atoms with Gasteiger partial charge in [-0.3, -0.25) is 4.79 Å². The lowest BCUT2D eigenvalue weighted by atomic mass is 9.98. The molecular formula is C17H17NO3. The van der Waals surface area contributed by atoms with Gasteiger partial charge in [0.05, 0.1) is 13.2 Å². The van der Waals surface area contributed by atoms with Gasteiger partial charge in [-0.05, 0) is 42.8 Å². The van der Waals surface area contributed by atoms with Crippen LogP contribution >= 0.6 is 0 Å². The molecule has 0 spiro atoms. The van der Waals surface area contributed by atoms with Crippen LogP contribution in [0.1, 0.15) is 27.9 Å². The van der Waals surface area contributed by atoms with Crippen LogP contribution in [0.5, 0.6) is 11.5 Å². The van der Waals surface area contributed by atoms with E-state index in [0.717, 1.165) is 12.0 Å². The highest BCUT2D eigenvalue weighted by molar-refractivity contribution is 6.10. The minimum atomic E-state index is -0.0598.